The molecule has 1 aliphatic heterocycles. The second-order valence-electron chi connectivity index (χ2n) is 6.99. The lowest BCUT2D eigenvalue weighted by molar-refractivity contribution is -0.110. The topological polar surface area (TPSA) is 71.1 Å². The molecule has 3 aromatic carbocycles. The predicted octanol–water partition coefficient (Wildman–Crippen LogP) is 4.87. The zero-order chi connectivity index (χ0) is 20.5. The molecule has 0 bridgehead atoms. The molecule has 0 aliphatic carbocycles. The number of anilines is 2. The molecule has 0 saturated heterocycles. The third-order valence-electron chi connectivity index (χ3n) is 5.11. The van der Waals surface area contributed by atoms with Gasteiger partial charge in [-0.25, -0.2) is 0 Å². The van der Waals surface area contributed by atoms with Crippen LogP contribution in [0.3, 0.4) is 0 Å². The number of rotatable bonds is 4. The second-order valence-corrected chi connectivity index (χ2v) is 6.99. The lowest BCUT2D eigenvalue weighted by Gasteiger charge is -2.06. The molecule has 4 aromatic rings. The zero-order valence-electron chi connectivity index (χ0n) is 15.9. The summed E-state index contributed by atoms with van der Waals surface area (Å²) in [5.74, 6) is -0.187. The minimum Gasteiger partial charge on any atom is -0.361 e. The van der Waals surface area contributed by atoms with E-state index in [2.05, 4.69) is 15.6 Å². The molecular weight excluding hydrogens is 374 g/mol. The van der Waals surface area contributed by atoms with E-state index in [-0.39, 0.29) is 11.7 Å². The highest BCUT2D eigenvalue weighted by molar-refractivity contribution is 6.34. The normalized spacial score (nSPS) is 13.9. The van der Waals surface area contributed by atoms with Gasteiger partial charge in [0, 0.05) is 45.8 Å². The highest BCUT2D eigenvalue weighted by atomic mass is 16.2. The van der Waals surface area contributed by atoms with E-state index in [4.69, 9.17) is 0 Å². The number of nitrogens with one attached hydrogen (secondary N) is 2. The van der Waals surface area contributed by atoms with Crippen LogP contribution in [0, 0.1) is 0 Å². The van der Waals surface area contributed by atoms with Gasteiger partial charge in [0.15, 0.2) is 5.78 Å². The van der Waals surface area contributed by atoms with Crippen LogP contribution in [0.5, 0.6) is 0 Å². The summed E-state index contributed by atoms with van der Waals surface area (Å²) in [6.45, 7) is 0. The van der Waals surface area contributed by atoms with Gasteiger partial charge in [0.2, 0.25) is 0 Å². The number of pyridine rings is 1. The summed E-state index contributed by atoms with van der Waals surface area (Å²) in [4.78, 5) is 29.4. The lowest BCUT2D eigenvalue weighted by Crippen LogP contribution is -2.05. The zero-order valence-corrected chi connectivity index (χ0v) is 15.9. The van der Waals surface area contributed by atoms with Crippen molar-refractivity contribution < 1.29 is 9.59 Å². The Kier molecular flexibility index (Phi) is 4.33. The molecule has 5 heteroatoms. The summed E-state index contributed by atoms with van der Waals surface area (Å²) < 4.78 is 0. The van der Waals surface area contributed by atoms with Gasteiger partial charge in [-0.2, -0.15) is 0 Å². The van der Waals surface area contributed by atoms with E-state index >= 15 is 0 Å². The third-order valence-corrected chi connectivity index (χ3v) is 5.11. The summed E-state index contributed by atoms with van der Waals surface area (Å²) in [5.41, 5.74) is 5.05. The minimum absolute atomic E-state index is 0.0245. The van der Waals surface area contributed by atoms with Gasteiger partial charge in [-0.15, -0.1) is 0 Å². The van der Waals surface area contributed by atoms with E-state index in [1.165, 1.54) is 0 Å². The number of amides is 1. The van der Waals surface area contributed by atoms with Gasteiger partial charge in [-0.3, -0.25) is 14.6 Å². The van der Waals surface area contributed by atoms with E-state index < -0.39 is 0 Å². The van der Waals surface area contributed by atoms with Gasteiger partial charge < -0.3 is 10.6 Å². The van der Waals surface area contributed by atoms with Crippen molar-refractivity contribution in [1.82, 2.24) is 4.98 Å². The summed E-state index contributed by atoms with van der Waals surface area (Å²) in [6, 6.07) is 24.0. The summed E-state index contributed by atoms with van der Waals surface area (Å²) in [6.07, 6.45) is 3.43. The summed E-state index contributed by atoms with van der Waals surface area (Å²) >= 11 is 0. The molecule has 30 heavy (non-hydrogen) atoms. The van der Waals surface area contributed by atoms with Gasteiger partial charge in [0.25, 0.3) is 5.91 Å². The molecule has 0 saturated carbocycles. The highest BCUT2D eigenvalue weighted by Gasteiger charge is 2.26. The van der Waals surface area contributed by atoms with E-state index in [0.717, 1.165) is 27.8 Å². The van der Waals surface area contributed by atoms with Crippen molar-refractivity contribution in [3.63, 3.8) is 0 Å². The van der Waals surface area contributed by atoms with Crippen LogP contribution < -0.4 is 10.6 Å². The van der Waals surface area contributed by atoms with Crippen molar-refractivity contribution in [2.45, 2.75) is 0 Å². The van der Waals surface area contributed by atoms with Gasteiger partial charge in [-0.05, 0) is 42.5 Å². The van der Waals surface area contributed by atoms with Gasteiger partial charge in [0.05, 0.1) is 11.1 Å². The average molecular weight is 391 g/mol. The first kappa shape index (κ1) is 17.8. The van der Waals surface area contributed by atoms with Crippen molar-refractivity contribution in [1.29, 1.82) is 0 Å². The van der Waals surface area contributed by atoms with Crippen molar-refractivity contribution in [2.24, 2.45) is 0 Å². The molecule has 1 aromatic heterocycles. The maximum absolute atomic E-state index is 12.5. The maximum atomic E-state index is 12.5. The largest absolute Gasteiger partial charge is 0.361 e. The number of carbonyl (C=O) groups is 2. The van der Waals surface area contributed by atoms with Crippen LogP contribution in [0.15, 0.2) is 91.3 Å². The summed E-state index contributed by atoms with van der Waals surface area (Å²) in [7, 11) is 0. The number of benzene rings is 3. The molecule has 1 amide bonds. The Morgan fingerprint density at radius 3 is 2.43 bits per heavy atom. The van der Waals surface area contributed by atoms with Crippen LogP contribution in [-0.2, 0) is 4.79 Å². The first-order chi connectivity index (χ1) is 14.7. The number of carbonyl (C=O) groups excluding carboxylic acids is 2. The molecule has 0 atom stereocenters. The number of aromatic nitrogens is 1. The minimum atomic E-state index is -0.162. The number of hydrogen-bond acceptors (Lipinski definition) is 4. The molecule has 0 spiro atoms. The molecule has 1 aliphatic rings. The van der Waals surface area contributed by atoms with Crippen LogP contribution >= 0.6 is 0 Å². The molecule has 144 valence electrons. The van der Waals surface area contributed by atoms with Gasteiger partial charge in [0.1, 0.15) is 0 Å². The van der Waals surface area contributed by atoms with Crippen LogP contribution in [-0.4, -0.2) is 16.7 Å². The third kappa shape index (κ3) is 3.12. The fourth-order valence-electron chi connectivity index (χ4n) is 3.62. The fraction of sp³-hybridized carbons (Fsp3) is 0. The second kappa shape index (κ2) is 7.29. The highest BCUT2D eigenvalue weighted by Crippen LogP contribution is 2.37. The Balaban J connectivity index is 1.42. The standard InChI is InChI=1S/C25H17N3O2/c29-24(16-5-2-1-3-6-16)17-8-10-18(11-9-17)27-15-20-23-19-7-4-14-26-21(19)12-13-22(23)28-25(20)30/h1-15,27H,(H,28,30)/b20-15+. The SMILES string of the molecule is O=C1Nc2ccc3ncccc3c2/C1=C\Nc1ccc(C(=O)c2ccccc2)cc1. The Morgan fingerprint density at radius 1 is 0.867 bits per heavy atom. The van der Waals surface area contributed by atoms with Crippen molar-refractivity contribution in [3.8, 4) is 0 Å². The lowest BCUT2D eigenvalue weighted by atomic mass is 10.0. The van der Waals surface area contributed by atoms with Crippen LogP contribution in [0.1, 0.15) is 21.5 Å². The van der Waals surface area contributed by atoms with Crippen molar-refractivity contribution in [2.75, 3.05) is 10.6 Å². The van der Waals surface area contributed by atoms with E-state index in [1.807, 2.05) is 54.6 Å². The maximum Gasteiger partial charge on any atom is 0.257 e. The molecule has 0 fully saturated rings. The summed E-state index contributed by atoms with van der Waals surface area (Å²) in [5, 5.41) is 6.99. The fourth-order valence-corrected chi connectivity index (χ4v) is 3.62. The number of fused-ring (bicyclic) bond motifs is 3. The first-order valence-corrected chi connectivity index (χ1v) is 9.57. The van der Waals surface area contributed by atoms with Gasteiger partial charge >= 0.3 is 0 Å². The molecule has 0 radical (unpaired) electrons. The Bertz CT molecular complexity index is 1310. The van der Waals surface area contributed by atoms with Crippen LogP contribution in [0.4, 0.5) is 11.4 Å². The van der Waals surface area contributed by atoms with E-state index in [9.17, 15) is 9.59 Å². The van der Waals surface area contributed by atoms with Crippen molar-refractivity contribution >= 4 is 39.5 Å². The Labute approximate surface area is 173 Å². The van der Waals surface area contributed by atoms with Crippen LogP contribution in [0.2, 0.25) is 0 Å². The number of nitrogens with zero attached hydrogens (tertiary/aromatic N) is 1. The quantitative estimate of drug-likeness (QED) is 0.385. The van der Waals surface area contributed by atoms with Crippen LogP contribution in [0.25, 0.3) is 16.5 Å². The molecule has 5 rings (SSSR count). The molecular formula is C25H17N3O2. The number of hydrogen-bond donors (Lipinski definition) is 2. The molecule has 0 unspecified atom stereocenters. The Morgan fingerprint density at radius 2 is 1.63 bits per heavy atom. The Hall–Kier alpha value is -4.25. The average Bonchev–Trinajstić information content (AvgIpc) is 3.13. The van der Waals surface area contributed by atoms with E-state index in [1.54, 1.807) is 36.7 Å². The first-order valence-electron chi connectivity index (χ1n) is 9.57. The molecule has 5 nitrogen and oxygen atoms in total. The monoisotopic (exact) mass is 391 g/mol. The smallest absolute Gasteiger partial charge is 0.257 e. The van der Waals surface area contributed by atoms with E-state index in [0.29, 0.717) is 16.7 Å². The molecule has 2 N–H and O–H groups in total. The van der Waals surface area contributed by atoms with Gasteiger partial charge in [-0.1, -0.05) is 36.4 Å². The predicted molar refractivity (Wildman–Crippen MR) is 118 cm³/mol. The molecule has 2 heterocycles. The number of ketones is 1. The van der Waals surface area contributed by atoms with Crippen molar-refractivity contribution in [3.05, 3.63) is 108 Å².